The Bertz CT molecular complexity index is 606. The van der Waals surface area contributed by atoms with Gasteiger partial charge in [0, 0.05) is 0 Å². The van der Waals surface area contributed by atoms with E-state index in [9.17, 15) is 4.79 Å². The monoisotopic (exact) mass is 256 g/mol. The first-order chi connectivity index (χ1) is 9.15. The van der Waals surface area contributed by atoms with Crippen LogP contribution in [-0.4, -0.2) is 16.2 Å². The molecule has 0 unspecified atom stereocenters. The van der Waals surface area contributed by atoms with E-state index in [2.05, 4.69) is 10.2 Å². The summed E-state index contributed by atoms with van der Waals surface area (Å²) in [4.78, 5) is 10.7. The fraction of sp³-hybridized carbons (Fsp3) is 0.0714. The fourth-order valence-corrected chi connectivity index (χ4v) is 1.55. The van der Waals surface area contributed by atoms with E-state index in [1.54, 1.807) is 36.4 Å². The number of nitrogens with zero attached hydrogens (tertiary/aromatic N) is 2. The summed E-state index contributed by atoms with van der Waals surface area (Å²) < 4.78 is 0. The number of rotatable bonds is 4. The zero-order valence-electron chi connectivity index (χ0n) is 10.0. The number of carbonyl (C=O) groups is 1. The molecule has 0 radical (unpaired) electrons. The van der Waals surface area contributed by atoms with Crippen molar-refractivity contribution in [1.29, 1.82) is 0 Å². The van der Waals surface area contributed by atoms with Crippen molar-refractivity contribution in [2.24, 2.45) is 10.2 Å². The van der Waals surface area contributed by atoms with E-state index < -0.39 is 5.97 Å². The predicted octanol–water partition coefficient (Wildman–Crippen LogP) is 3.43. The van der Waals surface area contributed by atoms with Crippen LogP contribution in [-0.2, 0) is 11.2 Å². The van der Waals surface area contributed by atoms with Crippen LogP contribution in [0.2, 0.25) is 0 Å². The van der Waals surface area contributed by atoms with Crippen molar-refractivity contribution < 1.29 is 15.0 Å². The lowest BCUT2D eigenvalue weighted by Crippen LogP contribution is -1.99. The highest BCUT2D eigenvalue weighted by Crippen LogP contribution is 2.23. The zero-order valence-corrected chi connectivity index (χ0v) is 10.0. The Morgan fingerprint density at radius 1 is 1.00 bits per heavy atom. The Hall–Kier alpha value is -2.69. The molecule has 2 rings (SSSR count). The summed E-state index contributed by atoms with van der Waals surface area (Å²) in [6, 6.07) is 13.2. The highest BCUT2D eigenvalue weighted by Gasteiger charge is 2.05. The maximum Gasteiger partial charge on any atom is 0.307 e. The van der Waals surface area contributed by atoms with E-state index >= 15 is 0 Å². The number of aliphatic carboxylic acids is 1. The Balaban J connectivity index is 2.22. The molecule has 0 amide bonds. The quantitative estimate of drug-likeness (QED) is 0.822. The molecule has 0 aliphatic carbocycles. The Morgan fingerprint density at radius 3 is 2.37 bits per heavy atom. The third kappa shape index (κ3) is 3.64. The lowest BCUT2D eigenvalue weighted by molar-refractivity contribution is -0.136. The number of phenols is 1. The highest BCUT2D eigenvalue weighted by atomic mass is 16.4. The summed E-state index contributed by atoms with van der Waals surface area (Å²) in [5.74, 6) is -0.752. The van der Waals surface area contributed by atoms with E-state index in [1.807, 2.05) is 0 Å². The van der Waals surface area contributed by atoms with Crippen LogP contribution in [0.3, 0.4) is 0 Å². The van der Waals surface area contributed by atoms with Gasteiger partial charge in [-0.15, -0.1) is 0 Å². The Kier molecular flexibility index (Phi) is 3.87. The van der Waals surface area contributed by atoms with Crippen molar-refractivity contribution in [3.8, 4) is 5.75 Å². The molecule has 0 saturated carbocycles. The number of carboxylic acids is 1. The van der Waals surface area contributed by atoms with Crippen molar-refractivity contribution in [3.05, 3.63) is 54.1 Å². The second-order valence-electron chi connectivity index (χ2n) is 3.92. The normalized spacial score (nSPS) is 10.7. The van der Waals surface area contributed by atoms with Gasteiger partial charge in [0.15, 0.2) is 0 Å². The number of carboxylic acid groups (broad SMARTS) is 1. The summed E-state index contributed by atoms with van der Waals surface area (Å²) in [7, 11) is 0. The van der Waals surface area contributed by atoms with Crippen LogP contribution in [0.4, 0.5) is 11.4 Å². The van der Waals surface area contributed by atoms with Gasteiger partial charge in [-0.3, -0.25) is 4.79 Å². The van der Waals surface area contributed by atoms with Gasteiger partial charge >= 0.3 is 5.97 Å². The fourth-order valence-electron chi connectivity index (χ4n) is 1.55. The molecule has 2 N–H and O–H groups in total. The van der Waals surface area contributed by atoms with E-state index in [0.717, 1.165) is 0 Å². The Morgan fingerprint density at radius 2 is 1.68 bits per heavy atom. The maximum atomic E-state index is 10.7. The summed E-state index contributed by atoms with van der Waals surface area (Å²) in [6.07, 6.45) is -0.0925. The molecule has 0 bridgehead atoms. The van der Waals surface area contributed by atoms with Gasteiger partial charge in [0.2, 0.25) is 0 Å². The molecule has 0 atom stereocenters. The zero-order chi connectivity index (χ0) is 13.7. The van der Waals surface area contributed by atoms with E-state index in [4.69, 9.17) is 10.2 Å². The third-order valence-electron chi connectivity index (χ3n) is 2.46. The van der Waals surface area contributed by atoms with Gasteiger partial charge in [0.05, 0.1) is 17.8 Å². The minimum Gasteiger partial charge on any atom is -0.508 e. The van der Waals surface area contributed by atoms with Gasteiger partial charge in [0.1, 0.15) is 5.75 Å². The summed E-state index contributed by atoms with van der Waals surface area (Å²) in [5.41, 5.74) is 1.72. The van der Waals surface area contributed by atoms with Crippen molar-refractivity contribution in [3.63, 3.8) is 0 Å². The van der Waals surface area contributed by atoms with Gasteiger partial charge in [-0.05, 0) is 35.9 Å². The summed E-state index contributed by atoms with van der Waals surface area (Å²) in [6.45, 7) is 0. The minimum atomic E-state index is -0.910. The molecule has 0 aliphatic heterocycles. The second-order valence-corrected chi connectivity index (χ2v) is 3.92. The van der Waals surface area contributed by atoms with Crippen LogP contribution >= 0.6 is 0 Å². The SMILES string of the molecule is O=C(O)Cc1ccccc1N=Nc1ccc(O)cc1. The minimum absolute atomic E-state index is 0.0925. The first-order valence-electron chi connectivity index (χ1n) is 5.65. The van der Waals surface area contributed by atoms with Crippen molar-refractivity contribution in [2.75, 3.05) is 0 Å². The first-order valence-corrected chi connectivity index (χ1v) is 5.65. The lowest BCUT2D eigenvalue weighted by atomic mass is 10.1. The van der Waals surface area contributed by atoms with Crippen molar-refractivity contribution in [2.45, 2.75) is 6.42 Å². The van der Waals surface area contributed by atoms with Crippen LogP contribution in [0.25, 0.3) is 0 Å². The number of aromatic hydroxyl groups is 1. The van der Waals surface area contributed by atoms with Crippen LogP contribution in [0.1, 0.15) is 5.56 Å². The molecular weight excluding hydrogens is 244 g/mol. The van der Waals surface area contributed by atoms with Gasteiger partial charge in [0.25, 0.3) is 0 Å². The molecule has 96 valence electrons. The number of azo groups is 1. The lowest BCUT2D eigenvalue weighted by Gasteiger charge is -2.01. The second kappa shape index (κ2) is 5.77. The first kappa shape index (κ1) is 12.8. The molecule has 0 aliphatic rings. The van der Waals surface area contributed by atoms with Crippen LogP contribution < -0.4 is 0 Å². The van der Waals surface area contributed by atoms with Gasteiger partial charge in [-0.2, -0.15) is 10.2 Å². The number of phenolic OH excluding ortho intramolecular Hbond substituents is 1. The molecule has 0 saturated heterocycles. The molecule has 5 heteroatoms. The van der Waals surface area contributed by atoms with Crippen molar-refractivity contribution >= 4 is 17.3 Å². The average molecular weight is 256 g/mol. The van der Waals surface area contributed by atoms with E-state index in [0.29, 0.717) is 16.9 Å². The molecule has 0 spiro atoms. The highest BCUT2D eigenvalue weighted by molar-refractivity contribution is 5.72. The van der Waals surface area contributed by atoms with Gasteiger partial charge in [-0.1, -0.05) is 18.2 Å². The van der Waals surface area contributed by atoms with Gasteiger partial charge < -0.3 is 10.2 Å². The molecule has 2 aromatic rings. The van der Waals surface area contributed by atoms with Crippen LogP contribution in [0.15, 0.2) is 58.8 Å². The summed E-state index contributed by atoms with van der Waals surface area (Å²) >= 11 is 0. The molecule has 0 aromatic heterocycles. The molecule has 0 fully saturated rings. The van der Waals surface area contributed by atoms with Crippen LogP contribution in [0.5, 0.6) is 5.75 Å². The van der Waals surface area contributed by atoms with Gasteiger partial charge in [-0.25, -0.2) is 0 Å². The Labute approximate surface area is 109 Å². The number of hydrogen-bond donors (Lipinski definition) is 2. The van der Waals surface area contributed by atoms with Crippen LogP contribution in [0, 0.1) is 0 Å². The van der Waals surface area contributed by atoms with E-state index in [-0.39, 0.29) is 12.2 Å². The van der Waals surface area contributed by atoms with Crippen molar-refractivity contribution in [1.82, 2.24) is 0 Å². The predicted molar refractivity (Wildman–Crippen MR) is 70.1 cm³/mol. The standard InChI is InChI=1S/C14H12N2O3/c17-12-7-5-11(6-8-12)15-16-13-4-2-1-3-10(13)9-14(18)19/h1-8,17H,9H2,(H,18,19). The molecule has 0 heterocycles. The number of benzene rings is 2. The number of hydrogen-bond acceptors (Lipinski definition) is 4. The molecular formula is C14H12N2O3. The molecule has 5 nitrogen and oxygen atoms in total. The average Bonchev–Trinajstić information content (AvgIpc) is 2.39. The largest absolute Gasteiger partial charge is 0.508 e. The van der Waals surface area contributed by atoms with E-state index in [1.165, 1.54) is 12.1 Å². The third-order valence-corrected chi connectivity index (χ3v) is 2.46. The molecule has 2 aromatic carbocycles. The smallest absolute Gasteiger partial charge is 0.307 e. The topological polar surface area (TPSA) is 82.2 Å². The molecule has 19 heavy (non-hydrogen) atoms. The maximum absolute atomic E-state index is 10.7. The summed E-state index contributed by atoms with van der Waals surface area (Å²) in [5, 5.41) is 26.0.